The molecule has 2 aliphatic rings. The molecule has 2 saturated heterocycles. The van der Waals surface area contributed by atoms with Crippen LogP contribution in [0.1, 0.15) is 25.3 Å². The maximum absolute atomic E-state index is 13.3. The zero-order chi connectivity index (χ0) is 30.5. The zero-order valence-electron chi connectivity index (χ0n) is 21.8. The third kappa shape index (κ3) is 6.38. The molecule has 8 atom stereocenters. The number of ether oxygens (including phenoxy) is 2. The topological polar surface area (TPSA) is 254 Å². The van der Waals surface area contributed by atoms with Crippen molar-refractivity contribution in [2.75, 3.05) is 18.9 Å². The van der Waals surface area contributed by atoms with Crippen molar-refractivity contribution in [1.29, 1.82) is 0 Å². The van der Waals surface area contributed by atoms with E-state index in [4.69, 9.17) is 28.8 Å². The lowest BCUT2D eigenvalue weighted by Crippen LogP contribution is -2.35. The van der Waals surface area contributed by atoms with Crippen molar-refractivity contribution in [2.24, 2.45) is 0 Å². The van der Waals surface area contributed by atoms with Gasteiger partial charge in [0.2, 0.25) is 0 Å². The standard InChI is InChI=1S/C20H25N9O10P2S2/c21-16-12-17(23-5-22-16)28(7-26-12)11-2-1-9(37-11)3-36-41(34,43)39-15-10(4-35-40(32,33)42)38-20(14(15)30)29-8-27-13-18(29)24-6-25-19(13)31/h5-11,14-15,20,30H,1-4H2,(H,34,43)(H2,21,22,23)(H,24,25,31)(H2,32,33,42)/t9?,10?,11?,14-,15-,20?,41?/m1/s1. The number of rotatable bonds is 10. The molecule has 4 aromatic rings. The van der Waals surface area contributed by atoms with E-state index in [1.165, 1.54) is 17.2 Å². The fraction of sp³-hybridized carbons (Fsp3) is 0.500. The number of nitrogens with one attached hydrogen (secondary N) is 1. The molecule has 0 bridgehead atoms. The Labute approximate surface area is 251 Å². The van der Waals surface area contributed by atoms with Crippen molar-refractivity contribution in [3.05, 3.63) is 35.7 Å². The Morgan fingerprint density at radius 1 is 1.02 bits per heavy atom. The minimum Gasteiger partial charge on any atom is -0.386 e. The van der Waals surface area contributed by atoms with Gasteiger partial charge in [0.25, 0.3) is 5.56 Å². The SMILES string of the molecule is Nc1ncnc2c1ncn2C1CCC(COP(=O)(S)O[C@@H]2C(COP(=O)(O)S)OC(n3cnc4c(=O)[nH]cnc43)[C@@H]2O)O1. The van der Waals surface area contributed by atoms with E-state index < -0.39 is 62.6 Å². The van der Waals surface area contributed by atoms with Gasteiger partial charge >= 0.3 is 13.6 Å². The largest absolute Gasteiger partial charge is 0.386 e. The molecule has 6 unspecified atom stereocenters. The first-order valence-electron chi connectivity index (χ1n) is 12.6. The second kappa shape index (κ2) is 11.8. The number of imidazole rings is 2. The minimum absolute atomic E-state index is 0.0247. The summed E-state index contributed by atoms with van der Waals surface area (Å²) in [5, 5.41) is 11.2. The van der Waals surface area contributed by atoms with Gasteiger partial charge in [0.05, 0.1) is 38.3 Å². The van der Waals surface area contributed by atoms with Crippen LogP contribution in [-0.2, 0) is 32.2 Å². The van der Waals surface area contributed by atoms with Gasteiger partial charge < -0.3 is 30.2 Å². The van der Waals surface area contributed by atoms with E-state index in [9.17, 15) is 23.9 Å². The molecule has 0 aromatic carbocycles. The predicted octanol–water partition coefficient (Wildman–Crippen LogP) is 0.964. The Bertz CT molecular complexity index is 1800. The van der Waals surface area contributed by atoms with Crippen molar-refractivity contribution in [3.63, 3.8) is 0 Å². The summed E-state index contributed by atoms with van der Waals surface area (Å²) in [6.45, 7) is -9.25. The first-order chi connectivity index (χ1) is 20.4. The Morgan fingerprint density at radius 3 is 2.56 bits per heavy atom. The van der Waals surface area contributed by atoms with Crippen LogP contribution in [0.3, 0.4) is 0 Å². The smallest absolute Gasteiger partial charge is 0.386 e. The number of nitrogens with two attached hydrogens (primary N) is 1. The third-order valence-electron chi connectivity index (χ3n) is 6.82. The summed E-state index contributed by atoms with van der Waals surface area (Å²) in [7, 11) is 0. The lowest BCUT2D eigenvalue weighted by Gasteiger charge is -2.24. The second-order valence-corrected chi connectivity index (χ2v) is 15.2. The molecule has 23 heteroatoms. The van der Waals surface area contributed by atoms with Crippen molar-refractivity contribution in [2.45, 2.75) is 49.7 Å². The van der Waals surface area contributed by atoms with Gasteiger partial charge in [-0.15, -0.1) is 0 Å². The predicted molar refractivity (Wildman–Crippen MR) is 153 cm³/mol. The highest BCUT2D eigenvalue weighted by molar-refractivity contribution is 8.44. The molecule has 19 nitrogen and oxygen atoms in total. The van der Waals surface area contributed by atoms with E-state index in [0.29, 0.717) is 24.0 Å². The normalized spacial score (nSPS) is 28.8. The Balaban J connectivity index is 1.14. The summed E-state index contributed by atoms with van der Waals surface area (Å²) in [6.07, 6.45) is -0.160. The highest BCUT2D eigenvalue weighted by Crippen LogP contribution is 2.57. The monoisotopic (exact) mass is 677 g/mol. The van der Waals surface area contributed by atoms with Crippen molar-refractivity contribution < 1.29 is 42.2 Å². The fourth-order valence-corrected chi connectivity index (χ4v) is 6.94. The fourth-order valence-electron chi connectivity index (χ4n) is 4.89. The van der Waals surface area contributed by atoms with E-state index in [1.54, 1.807) is 10.9 Å². The third-order valence-corrected chi connectivity index (χ3v) is 9.26. The number of H-pyrrole nitrogens is 1. The number of nitrogens with zero attached hydrogens (tertiary/aromatic N) is 7. The number of aromatic nitrogens is 8. The molecule has 5 N–H and O–H groups in total. The van der Waals surface area contributed by atoms with E-state index in [-0.39, 0.29) is 23.6 Å². The van der Waals surface area contributed by atoms with Gasteiger partial charge in [-0.25, -0.2) is 34.0 Å². The number of hydrogen-bond acceptors (Lipinski definition) is 15. The Hall–Kier alpha value is -2.42. The van der Waals surface area contributed by atoms with Gasteiger partial charge in [-0.1, -0.05) is 24.5 Å². The van der Waals surface area contributed by atoms with Crippen LogP contribution in [0.4, 0.5) is 5.82 Å². The van der Waals surface area contributed by atoms with E-state index in [2.05, 4.69) is 54.4 Å². The maximum Gasteiger partial charge on any atom is 0.386 e. The van der Waals surface area contributed by atoms with Crippen LogP contribution in [0.25, 0.3) is 22.3 Å². The summed E-state index contributed by atoms with van der Waals surface area (Å²) in [5.41, 5.74) is 6.32. The van der Waals surface area contributed by atoms with E-state index >= 15 is 0 Å². The number of anilines is 1. The highest BCUT2D eigenvalue weighted by Gasteiger charge is 2.49. The van der Waals surface area contributed by atoms with Crippen LogP contribution < -0.4 is 11.3 Å². The molecular formula is C20H25N9O10P2S2. The number of nitrogen functional groups attached to an aromatic ring is 1. The van der Waals surface area contributed by atoms with Gasteiger partial charge in [0.1, 0.15) is 36.4 Å². The number of aliphatic hydroxyl groups is 1. The van der Waals surface area contributed by atoms with E-state index in [1.807, 2.05) is 0 Å². The quantitative estimate of drug-likeness (QED) is 0.101. The number of thiol groups is 2. The molecule has 232 valence electrons. The minimum atomic E-state index is -4.27. The second-order valence-electron chi connectivity index (χ2n) is 9.61. The van der Waals surface area contributed by atoms with Gasteiger partial charge in [-0.05, 0) is 12.8 Å². The molecule has 0 aliphatic carbocycles. The molecule has 2 aliphatic heterocycles. The van der Waals surface area contributed by atoms with Gasteiger partial charge in [-0.2, -0.15) is 0 Å². The molecule has 0 amide bonds. The van der Waals surface area contributed by atoms with Crippen LogP contribution in [0.5, 0.6) is 0 Å². The van der Waals surface area contributed by atoms with Crippen molar-refractivity contribution in [3.8, 4) is 0 Å². The highest BCUT2D eigenvalue weighted by atomic mass is 32.7. The summed E-state index contributed by atoms with van der Waals surface area (Å²) >= 11 is 7.55. The van der Waals surface area contributed by atoms with Gasteiger partial charge in [0.15, 0.2) is 28.9 Å². The van der Waals surface area contributed by atoms with Crippen LogP contribution in [0, 0.1) is 0 Å². The van der Waals surface area contributed by atoms with Crippen LogP contribution in [-0.4, -0.2) is 86.7 Å². The lowest BCUT2D eigenvalue weighted by atomic mass is 10.1. The van der Waals surface area contributed by atoms with Gasteiger partial charge in [-0.3, -0.25) is 27.5 Å². The molecule has 0 saturated carbocycles. The van der Waals surface area contributed by atoms with Crippen LogP contribution in [0.15, 0.2) is 30.1 Å². The number of hydrogen-bond donors (Lipinski definition) is 6. The van der Waals surface area contributed by atoms with Gasteiger partial charge in [0, 0.05) is 0 Å². The summed E-state index contributed by atoms with van der Waals surface area (Å²) < 4.78 is 55.8. The number of fused-ring (bicyclic) bond motifs is 2. The van der Waals surface area contributed by atoms with Crippen LogP contribution >= 0.6 is 38.1 Å². The molecule has 2 fully saturated rings. The first-order valence-corrected chi connectivity index (χ1v) is 18.0. The molecular weight excluding hydrogens is 652 g/mol. The number of aromatic amines is 1. The van der Waals surface area contributed by atoms with Crippen molar-refractivity contribution >= 4 is 66.2 Å². The number of aliphatic hydroxyl groups excluding tert-OH is 1. The summed E-state index contributed by atoms with van der Waals surface area (Å²) in [4.78, 5) is 44.4. The van der Waals surface area contributed by atoms with E-state index in [0.717, 1.165) is 6.33 Å². The van der Waals surface area contributed by atoms with Crippen LogP contribution in [0.2, 0.25) is 0 Å². The Morgan fingerprint density at radius 2 is 1.77 bits per heavy atom. The summed E-state index contributed by atoms with van der Waals surface area (Å²) in [5.74, 6) is 0.237. The lowest BCUT2D eigenvalue weighted by molar-refractivity contribution is -0.0477. The van der Waals surface area contributed by atoms with Crippen molar-refractivity contribution in [1.82, 2.24) is 39.0 Å². The molecule has 6 rings (SSSR count). The maximum atomic E-state index is 13.3. The molecule has 6 heterocycles. The molecule has 43 heavy (non-hydrogen) atoms. The average molecular weight is 678 g/mol. The molecule has 0 spiro atoms. The summed E-state index contributed by atoms with van der Waals surface area (Å²) in [6, 6.07) is 0. The first kappa shape index (κ1) is 30.6. The Kier molecular flexibility index (Phi) is 8.42. The molecule has 4 aromatic heterocycles. The zero-order valence-corrected chi connectivity index (χ0v) is 25.3. The average Bonchev–Trinajstić information content (AvgIpc) is 3.73. The molecule has 0 radical (unpaired) electrons.